The number of nitrogens with two attached hydrogens (primary N) is 1. The largest absolute Gasteiger partial charge is 0.472 e. The lowest BCUT2D eigenvalue weighted by Gasteiger charge is -2.19. The van der Waals surface area contributed by atoms with Gasteiger partial charge >= 0.3 is 19.8 Å². The van der Waals surface area contributed by atoms with Gasteiger partial charge in [-0.15, -0.1) is 0 Å². The van der Waals surface area contributed by atoms with Gasteiger partial charge in [-0.05, 0) is 83.5 Å². The fourth-order valence-corrected chi connectivity index (χ4v) is 5.62. The maximum atomic E-state index is 12.5. The molecule has 0 bridgehead atoms. The van der Waals surface area contributed by atoms with Crippen LogP contribution in [0.2, 0.25) is 0 Å². The lowest BCUT2D eigenvalue weighted by atomic mass is 10.1. The highest BCUT2D eigenvalue weighted by molar-refractivity contribution is 7.47. The van der Waals surface area contributed by atoms with Crippen LogP contribution in [-0.4, -0.2) is 60.5 Å². The molecule has 0 aromatic heterocycles. The Bertz CT molecular complexity index is 1370. The van der Waals surface area contributed by atoms with Crippen LogP contribution in [0.5, 0.6) is 0 Å². The number of carbonyl (C=O) groups excluding carboxylic acids is 2. The Morgan fingerprint density at radius 2 is 1.14 bits per heavy atom. The van der Waals surface area contributed by atoms with Gasteiger partial charge in [-0.25, -0.2) is 4.57 Å². The molecule has 0 amide bonds. The van der Waals surface area contributed by atoms with E-state index in [0.29, 0.717) is 19.3 Å². The molecule has 0 heterocycles. The van der Waals surface area contributed by atoms with E-state index in [1.807, 2.05) is 48.6 Å². The predicted octanol–water partition coefficient (Wildman–Crippen LogP) is 11.1. The van der Waals surface area contributed by atoms with Crippen molar-refractivity contribution in [2.24, 2.45) is 5.73 Å². The zero-order valence-corrected chi connectivity index (χ0v) is 36.2. The lowest BCUT2D eigenvalue weighted by Crippen LogP contribution is -2.29. The molecule has 0 fully saturated rings. The normalized spacial score (nSPS) is 15.1. The number of esters is 2. The van der Waals surface area contributed by atoms with Crippen molar-refractivity contribution in [1.29, 1.82) is 0 Å². The summed E-state index contributed by atoms with van der Waals surface area (Å²) >= 11 is 0. The van der Waals surface area contributed by atoms with E-state index in [1.54, 1.807) is 6.08 Å². The Balaban J connectivity index is 4.41. The second kappa shape index (κ2) is 41.5. The minimum atomic E-state index is -4.42. The van der Waals surface area contributed by atoms with Crippen LogP contribution in [0.4, 0.5) is 0 Å². The van der Waals surface area contributed by atoms with Gasteiger partial charge in [-0.1, -0.05) is 148 Å². The number of rotatable bonds is 37. The first-order valence-corrected chi connectivity index (χ1v) is 22.6. The minimum absolute atomic E-state index is 0.0242. The van der Waals surface area contributed by atoms with E-state index in [1.165, 1.54) is 0 Å². The molecule has 10 nitrogen and oxygen atoms in total. The summed E-state index contributed by atoms with van der Waals surface area (Å²) in [6.45, 7) is 3.24. The minimum Gasteiger partial charge on any atom is -0.462 e. The average Bonchev–Trinajstić information content (AvgIpc) is 3.20. The molecule has 0 rings (SSSR count). The molecule has 4 N–H and O–H groups in total. The maximum Gasteiger partial charge on any atom is 0.472 e. The van der Waals surface area contributed by atoms with Crippen molar-refractivity contribution in [3.8, 4) is 0 Å². The van der Waals surface area contributed by atoms with Crippen molar-refractivity contribution in [2.45, 2.75) is 135 Å². The Morgan fingerprint density at radius 3 is 1.74 bits per heavy atom. The van der Waals surface area contributed by atoms with Crippen LogP contribution in [0, 0.1) is 0 Å². The third kappa shape index (κ3) is 40.6. The number of hydrogen-bond acceptors (Lipinski definition) is 9. The molecule has 0 aliphatic heterocycles. The first kappa shape index (κ1) is 54.4. The van der Waals surface area contributed by atoms with Crippen molar-refractivity contribution in [1.82, 2.24) is 0 Å². The van der Waals surface area contributed by atoms with Gasteiger partial charge in [0.2, 0.25) is 0 Å². The topological polar surface area (TPSA) is 155 Å². The van der Waals surface area contributed by atoms with Crippen LogP contribution in [0.15, 0.2) is 122 Å². The number of unbranched alkanes of at least 4 members (excludes halogenated alkanes) is 4. The maximum absolute atomic E-state index is 12.5. The summed E-state index contributed by atoms with van der Waals surface area (Å²) in [7, 11) is -4.42. The quantitative estimate of drug-likeness (QED) is 0.0181. The van der Waals surface area contributed by atoms with Crippen LogP contribution in [0.3, 0.4) is 0 Å². The molecule has 0 spiro atoms. The number of phosphoric acid groups is 1. The summed E-state index contributed by atoms with van der Waals surface area (Å²) in [4.78, 5) is 34.8. The number of allylic oxidation sites excluding steroid dienone is 18. The van der Waals surface area contributed by atoms with E-state index in [2.05, 4.69) is 80.7 Å². The molecule has 0 aromatic rings. The lowest BCUT2D eigenvalue weighted by molar-refractivity contribution is -0.161. The highest BCUT2D eigenvalue weighted by atomic mass is 31.2. The summed E-state index contributed by atoms with van der Waals surface area (Å²) in [5, 5.41) is 9.83. The molecule has 0 saturated carbocycles. The molecule has 11 heteroatoms. The van der Waals surface area contributed by atoms with Gasteiger partial charge in [0.25, 0.3) is 0 Å². The van der Waals surface area contributed by atoms with E-state index in [4.69, 9.17) is 24.3 Å². The van der Waals surface area contributed by atoms with Crippen molar-refractivity contribution in [3.05, 3.63) is 122 Å². The fourth-order valence-electron chi connectivity index (χ4n) is 4.85. The SMILES string of the molecule is CC/C=C\C/C=C\C/C=C\C/C=C\CCCCCCC(=O)OC[C@H](COP(=O)(O)OCCN)OC(=O)CC/C=C\C/C=C\C/C=C\C/C=C/C=C/C(O)C/C=C\CC. The Hall–Kier alpha value is -3.63. The molecule has 58 heavy (non-hydrogen) atoms. The number of aliphatic hydroxyl groups excluding tert-OH is 1. The van der Waals surface area contributed by atoms with Crippen molar-refractivity contribution in [2.75, 3.05) is 26.4 Å². The van der Waals surface area contributed by atoms with Gasteiger partial charge in [-0.3, -0.25) is 18.6 Å². The summed E-state index contributed by atoms with van der Waals surface area (Å²) in [5.41, 5.74) is 5.33. The summed E-state index contributed by atoms with van der Waals surface area (Å²) in [6, 6.07) is 0. The number of phosphoric ester groups is 1. The Morgan fingerprint density at radius 1 is 0.603 bits per heavy atom. The predicted molar refractivity (Wildman–Crippen MR) is 239 cm³/mol. The Labute approximate surface area is 350 Å². The van der Waals surface area contributed by atoms with E-state index < -0.39 is 38.6 Å². The second-order valence-electron chi connectivity index (χ2n) is 13.3. The van der Waals surface area contributed by atoms with Gasteiger partial charge in [-0.2, -0.15) is 0 Å². The van der Waals surface area contributed by atoms with Crippen molar-refractivity contribution >= 4 is 19.8 Å². The smallest absolute Gasteiger partial charge is 0.462 e. The second-order valence-corrected chi connectivity index (χ2v) is 14.7. The summed E-state index contributed by atoms with van der Waals surface area (Å²) < 4.78 is 32.6. The first-order chi connectivity index (χ1) is 28.2. The zero-order valence-electron chi connectivity index (χ0n) is 35.3. The Kier molecular flexibility index (Phi) is 38.9. The van der Waals surface area contributed by atoms with Crippen LogP contribution in [0.1, 0.15) is 123 Å². The van der Waals surface area contributed by atoms with E-state index in [0.717, 1.165) is 77.0 Å². The number of aliphatic hydroxyl groups is 1. The molecule has 0 aliphatic rings. The third-order valence-electron chi connectivity index (χ3n) is 7.94. The number of hydrogen-bond donors (Lipinski definition) is 3. The first-order valence-electron chi connectivity index (χ1n) is 21.1. The molecule has 2 unspecified atom stereocenters. The van der Waals surface area contributed by atoms with Gasteiger partial charge in [0.15, 0.2) is 6.10 Å². The van der Waals surface area contributed by atoms with Crippen LogP contribution >= 0.6 is 7.82 Å². The average molecular weight is 828 g/mol. The molecular weight excluding hydrogens is 753 g/mol. The number of carbonyl (C=O) groups is 2. The van der Waals surface area contributed by atoms with Crippen molar-refractivity contribution < 1.29 is 42.7 Å². The van der Waals surface area contributed by atoms with E-state index in [-0.39, 0.29) is 32.6 Å². The van der Waals surface area contributed by atoms with E-state index >= 15 is 0 Å². The van der Waals surface area contributed by atoms with Crippen LogP contribution in [-0.2, 0) is 32.7 Å². The molecule has 0 aromatic carbocycles. The van der Waals surface area contributed by atoms with Gasteiger partial charge in [0, 0.05) is 19.4 Å². The molecule has 0 aliphatic carbocycles. The standard InChI is InChI=1S/C47H74NO9P/c1-3-5-7-8-9-10-11-12-13-14-15-18-21-24-27-30-34-38-46(50)54-42-45(43-56-58(52,53)55-41-40-48)57-47(51)39-35-31-28-25-22-19-16-17-20-23-26-29-33-37-44(49)36-32-6-4-2/h5-7,9-10,12-13,15,17-20,22,26,28-29,31-33,37,44-45,49H,3-4,8,11,14,16,21,23-25,27,30,34-36,38-43,48H2,1-2H3,(H,52,53)/b7-5-,10-9-,13-12-,18-15-,20-17-,22-19-,29-26+,31-28-,32-6-,37-33+/t44?,45-/m1/s1. The molecule has 3 atom stereocenters. The summed E-state index contributed by atoms with van der Waals surface area (Å²) in [5.74, 6) is -0.991. The monoisotopic (exact) mass is 828 g/mol. The molecule has 0 radical (unpaired) electrons. The van der Waals surface area contributed by atoms with Crippen LogP contribution < -0.4 is 5.73 Å². The fraction of sp³-hybridized carbons (Fsp3) is 0.532. The molecular formula is C47H74NO9P. The van der Waals surface area contributed by atoms with Gasteiger partial charge < -0.3 is 25.2 Å². The van der Waals surface area contributed by atoms with Crippen molar-refractivity contribution in [3.63, 3.8) is 0 Å². The highest BCUT2D eigenvalue weighted by Gasteiger charge is 2.25. The molecule has 326 valence electrons. The molecule has 0 saturated heterocycles. The third-order valence-corrected chi connectivity index (χ3v) is 8.92. The van der Waals surface area contributed by atoms with Gasteiger partial charge in [0.05, 0.1) is 19.3 Å². The summed E-state index contributed by atoms with van der Waals surface area (Å²) in [6.07, 6.45) is 52.9. The zero-order chi connectivity index (χ0) is 42.6. The number of ether oxygens (including phenoxy) is 2. The highest BCUT2D eigenvalue weighted by Crippen LogP contribution is 2.43. The van der Waals surface area contributed by atoms with E-state index in [9.17, 15) is 24.2 Å². The van der Waals surface area contributed by atoms with Crippen LogP contribution in [0.25, 0.3) is 0 Å². The van der Waals surface area contributed by atoms with Gasteiger partial charge in [0.1, 0.15) is 6.61 Å².